The van der Waals surface area contributed by atoms with E-state index in [4.69, 9.17) is 11.6 Å². The van der Waals surface area contributed by atoms with Crippen molar-refractivity contribution in [2.24, 2.45) is 5.10 Å². The number of hydrazone groups is 1. The zero-order chi connectivity index (χ0) is 20.4. The Bertz CT molecular complexity index is 1080. The van der Waals surface area contributed by atoms with Crippen molar-refractivity contribution in [2.75, 3.05) is 6.54 Å². The molecule has 29 heavy (non-hydrogen) atoms. The SMILES string of the molecule is Cc1ccsc1[C@@H]1CC(c2cccs2)=NN1C(=O)CNC(=O)c1ccccc1Cl. The number of thiophene rings is 2. The molecule has 0 fully saturated rings. The molecule has 148 valence electrons. The number of carbonyl (C=O) groups excluding carboxylic acids is 2. The smallest absolute Gasteiger partial charge is 0.262 e. The molecular weight excluding hydrogens is 426 g/mol. The molecule has 2 amide bonds. The highest BCUT2D eigenvalue weighted by Crippen LogP contribution is 2.37. The van der Waals surface area contributed by atoms with Gasteiger partial charge >= 0.3 is 0 Å². The van der Waals surface area contributed by atoms with Crippen molar-refractivity contribution in [3.8, 4) is 0 Å². The van der Waals surface area contributed by atoms with Crippen LogP contribution in [0.3, 0.4) is 0 Å². The number of nitrogens with zero attached hydrogens (tertiary/aromatic N) is 2. The molecule has 0 aliphatic carbocycles. The number of nitrogens with one attached hydrogen (secondary N) is 1. The average Bonchev–Trinajstić information content (AvgIpc) is 3.46. The summed E-state index contributed by atoms with van der Waals surface area (Å²) in [5, 5.41) is 13.2. The Balaban J connectivity index is 1.53. The highest BCUT2D eigenvalue weighted by Gasteiger charge is 2.35. The van der Waals surface area contributed by atoms with Crippen LogP contribution < -0.4 is 5.32 Å². The van der Waals surface area contributed by atoms with Gasteiger partial charge in [-0.2, -0.15) is 5.10 Å². The van der Waals surface area contributed by atoms with E-state index in [0.717, 1.165) is 21.0 Å². The summed E-state index contributed by atoms with van der Waals surface area (Å²) in [5.74, 6) is -0.635. The Morgan fingerprint density at radius 2 is 2.00 bits per heavy atom. The molecule has 1 N–H and O–H groups in total. The van der Waals surface area contributed by atoms with Crippen LogP contribution in [-0.4, -0.2) is 29.1 Å². The lowest BCUT2D eigenvalue weighted by Crippen LogP contribution is -2.38. The summed E-state index contributed by atoms with van der Waals surface area (Å²) in [5.41, 5.74) is 2.38. The Morgan fingerprint density at radius 3 is 2.69 bits per heavy atom. The van der Waals surface area contributed by atoms with Crippen molar-refractivity contribution in [1.29, 1.82) is 0 Å². The van der Waals surface area contributed by atoms with Crippen LogP contribution >= 0.6 is 34.3 Å². The second-order valence-corrected chi connectivity index (χ2v) is 8.92. The van der Waals surface area contributed by atoms with Gasteiger partial charge in [-0.3, -0.25) is 9.59 Å². The van der Waals surface area contributed by atoms with Crippen molar-refractivity contribution in [3.05, 3.63) is 79.1 Å². The molecule has 1 aromatic carbocycles. The van der Waals surface area contributed by atoms with E-state index in [2.05, 4.69) is 10.4 Å². The van der Waals surface area contributed by atoms with Crippen molar-refractivity contribution in [2.45, 2.75) is 19.4 Å². The molecule has 3 aromatic rings. The molecule has 4 rings (SSSR count). The number of halogens is 1. The first-order chi connectivity index (χ1) is 14.0. The fourth-order valence-corrected chi connectivity index (χ4v) is 5.20. The Kier molecular flexibility index (Phi) is 5.80. The lowest BCUT2D eigenvalue weighted by Gasteiger charge is -2.21. The third-order valence-corrected chi connectivity index (χ3v) is 7.06. The highest BCUT2D eigenvalue weighted by atomic mass is 35.5. The van der Waals surface area contributed by atoms with E-state index in [9.17, 15) is 9.59 Å². The van der Waals surface area contributed by atoms with E-state index < -0.39 is 0 Å². The number of carbonyl (C=O) groups is 2. The van der Waals surface area contributed by atoms with E-state index in [1.807, 2.05) is 35.9 Å². The van der Waals surface area contributed by atoms with Gasteiger partial charge in [0.2, 0.25) is 0 Å². The van der Waals surface area contributed by atoms with Gasteiger partial charge in [0, 0.05) is 11.3 Å². The minimum Gasteiger partial charge on any atom is -0.343 e. The predicted octanol–water partition coefficient (Wildman–Crippen LogP) is 4.88. The fraction of sp³-hybridized carbons (Fsp3) is 0.190. The van der Waals surface area contributed by atoms with Gasteiger partial charge in [0.1, 0.15) is 0 Å². The number of hydrogen-bond donors (Lipinski definition) is 1. The number of amides is 2. The zero-order valence-electron chi connectivity index (χ0n) is 15.6. The molecule has 2 aromatic heterocycles. The lowest BCUT2D eigenvalue weighted by molar-refractivity contribution is -0.131. The monoisotopic (exact) mass is 443 g/mol. The molecule has 0 unspecified atom stereocenters. The Labute approximate surface area is 181 Å². The second kappa shape index (κ2) is 8.49. The molecule has 5 nitrogen and oxygen atoms in total. The molecule has 8 heteroatoms. The molecule has 1 aliphatic rings. The molecule has 1 atom stereocenters. The quantitative estimate of drug-likeness (QED) is 0.610. The molecule has 0 saturated carbocycles. The second-order valence-electron chi connectivity index (χ2n) is 6.61. The van der Waals surface area contributed by atoms with Crippen LogP contribution in [0.4, 0.5) is 0 Å². The summed E-state index contributed by atoms with van der Waals surface area (Å²) in [7, 11) is 0. The molecule has 1 aliphatic heterocycles. The fourth-order valence-electron chi connectivity index (χ4n) is 3.24. The van der Waals surface area contributed by atoms with E-state index in [0.29, 0.717) is 17.0 Å². The van der Waals surface area contributed by atoms with Crippen LogP contribution in [0.1, 0.15) is 38.1 Å². The normalized spacial score (nSPS) is 16.0. The van der Waals surface area contributed by atoms with Gasteiger partial charge < -0.3 is 5.32 Å². The van der Waals surface area contributed by atoms with Crippen molar-refractivity contribution in [1.82, 2.24) is 10.3 Å². The van der Waals surface area contributed by atoms with Gasteiger partial charge in [0.05, 0.1) is 33.8 Å². The summed E-state index contributed by atoms with van der Waals surface area (Å²) in [6.45, 7) is 1.89. The van der Waals surface area contributed by atoms with Crippen LogP contribution in [0.15, 0.2) is 58.3 Å². The molecule has 0 saturated heterocycles. The van der Waals surface area contributed by atoms with Gasteiger partial charge in [-0.1, -0.05) is 29.8 Å². The third kappa shape index (κ3) is 4.12. The molecule has 0 radical (unpaired) electrons. The average molecular weight is 444 g/mol. The summed E-state index contributed by atoms with van der Waals surface area (Å²) in [4.78, 5) is 27.6. The topological polar surface area (TPSA) is 61.8 Å². The maximum absolute atomic E-state index is 13.0. The van der Waals surface area contributed by atoms with Gasteiger partial charge in [-0.15, -0.1) is 22.7 Å². The third-order valence-electron chi connectivity index (χ3n) is 4.69. The van der Waals surface area contributed by atoms with Crippen molar-refractivity contribution in [3.63, 3.8) is 0 Å². The number of rotatable bonds is 5. The predicted molar refractivity (Wildman–Crippen MR) is 118 cm³/mol. The van der Waals surface area contributed by atoms with Crippen molar-refractivity contribution >= 4 is 51.8 Å². The van der Waals surface area contributed by atoms with Crippen molar-refractivity contribution < 1.29 is 9.59 Å². The van der Waals surface area contributed by atoms with Crippen LogP contribution in [0.25, 0.3) is 0 Å². The zero-order valence-corrected chi connectivity index (χ0v) is 18.0. The van der Waals surface area contributed by atoms with Gasteiger partial charge in [-0.05, 0) is 47.5 Å². The number of aryl methyl sites for hydroxylation is 1. The minimum atomic E-state index is -0.380. The molecule has 0 spiro atoms. The molecule has 0 bridgehead atoms. The first-order valence-corrected chi connectivity index (χ1v) is 11.2. The summed E-state index contributed by atoms with van der Waals surface area (Å²) in [6.07, 6.45) is 0.659. The molecule has 3 heterocycles. The van der Waals surface area contributed by atoms with Gasteiger partial charge in [0.15, 0.2) is 0 Å². The Morgan fingerprint density at radius 1 is 1.17 bits per heavy atom. The first-order valence-electron chi connectivity index (χ1n) is 9.04. The van der Waals surface area contributed by atoms with Gasteiger partial charge in [0.25, 0.3) is 11.8 Å². The number of hydrogen-bond acceptors (Lipinski definition) is 5. The maximum atomic E-state index is 13.0. The molecular formula is C21H18ClN3O2S2. The summed E-state index contributed by atoms with van der Waals surface area (Å²) in [6, 6.07) is 12.6. The summed E-state index contributed by atoms with van der Waals surface area (Å²) >= 11 is 9.30. The van der Waals surface area contributed by atoms with Crippen LogP contribution in [0, 0.1) is 6.92 Å². The van der Waals surface area contributed by atoms with E-state index in [1.54, 1.807) is 46.9 Å². The van der Waals surface area contributed by atoms with E-state index in [-0.39, 0.29) is 24.4 Å². The van der Waals surface area contributed by atoms with Crippen LogP contribution in [-0.2, 0) is 4.79 Å². The minimum absolute atomic E-state index is 0.147. The Hall–Kier alpha value is -2.48. The van der Waals surface area contributed by atoms with E-state index in [1.165, 1.54) is 5.01 Å². The van der Waals surface area contributed by atoms with Gasteiger partial charge in [-0.25, -0.2) is 5.01 Å². The largest absolute Gasteiger partial charge is 0.343 e. The standard InChI is InChI=1S/C21H18ClN3O2S2/c1-13-8-10-29-20(13)17-11-16(18-7-4-9-28-18)24-25(17)19(26)12-23-21(27)14-5-2-3-6-15(14)22/h2-10,17H,11-12H2,1H3,(H,23,27)/t17-/m0/s1. The van der Waals surface area contributed by atoms with E-state index >= 15 is 0 Å². The van der Waals surface area contributed by atoms with Crippen LogP contribution in [0.5, 0.6) is 0 Å². The van der Waals surface area contributed by atoms with Crippen LogP contribution in [0.2, 0.25) is 5.02 Å². The maximum Gasteiger partial charge on any atom is 0.262 e. The first kappa shape index (κ1) is 19.8. The summed E-state index contributed by atoms with van der Waals surface area (Å²) < 4.78 is 0. The number of benzene rings is 1. The highest BCUT2D eigenvalue weighted by molar-refractivity contribution is 7.12. The lowest BCUT2D eigenvalue weighted by atomic mass is 10.1.